The Balaban J connectivity index is 1.65. The molecule has 1 aliphatic carbocycles. The molecule has 2 aromatic rings. The van der Waals surface area contributed by atoms with Crippen LogP contribution in [0.2, 0.25) is 0 Å². The molecule has 1 saturated heterocycles. The summed E-state index contributed by atoms with van der Waals surface area (Å²) >= 11 is 0. The molecule has 0 radical (unpaired) electrons. The number of benzene rings is 1. The molecule has 3 atom stereocenters. The van der Waals surface area contributed by atoms with Crippen LogP contribution in [-0.4, -0.2) is 34.3 Å². The molecule has 4 nitrogen and oxygen atoms in total. The number of hydrogen-bond acceptors (Lipinski definition) is 4. The van der Waals surface area contributed by atoms with Crippen molar-refractivity contribution in [1.29, 1.82) is 0 Å². The lowest BCUT2D eigenvalue weighted by Gasteiger charge is -2.19. The quantitative estimate of drug-likeness (QED) is 0.844. The highest BCUT2D eigenvalue weighted by Gasteiger charge is 2.42. The average molecular weight is 255 g/mol. The number of aliphatic hydroxyl groups excluding tert-OH is 1. The van der Waals surface area contributed by atoms with Crippen LogP contribution < -0.4 is 4.90 Å². The van der Waals surface area contributed by atoms with Crippen molar-refractivity contribution in [2.24, 2.45) is 11.8 Å². The maximum Gasteiger partial charge on any atom is 0.147 e. The number of rotatable bonds is 1. The van der Waals surface area contributed by atoms with Crippen LogP contribution in [-0.2, 0) is 0 Å². The average Bonchev–Trinajstić information content (AvgIpc) is 3.01. The Morgan fingerprint density at radius 3 is 2.79 bits per heavy atom. The lowest BCUT2D eigenvalue weighted by atomic mass is 10.00. The molecule has 2 fully saturated rings. The lowest BCUT2D eigenvalue weighted by molar-refractivity contribution is 0.133. The number of aromatic nitrogens is 2. The summed E-state index contributed by atoms with van der Waals surface area (Å²) < 4.78 is 0. The molecule has 2 aliphatic rings. The van der Waals surface area contributed by atoms with Gasteiger partial charge in [0.25, 0.3) is 0 Å². The van der Waals surface area contributed by atoms with E-state index in [2.05, 4.69) is 9.88 Å². The van der Waals surface area contributed by atoms with Crippen molar-refractivity contribution in [2.75, 3.05) is 18.0 Å². The van der Waals surface area contributed by atoms with E-state index in [0.717, 1.165) is 42.8 Å². The summed E-state index contributed by atoms with van der Waals surface area (Å²) in [7, 11) is 0. The van der Waals surface area contributed by atoms with Gasteiger partial charge in [0.05, 0.1) is 23.3 Å². The second-order valence-corrected chi connectivity index (χ2v) is 5.69. The summed E-state index contributed by atoms with van der Waals surface area (Å²) in [5, 5.41) is 9.97. The zero-order valence-electron chi connectivity index (χ0n) is 10.7. The predicted octanol–water partition coefficient (Wildman–Crippen LogP) is 1.84. The number of para-hydroxylation sites is 2. The summed E-state index contributed by atoms with van der Waals surface area (Å²) in [6.07, 6.45) is 3.84. The first-order chi connectivity index (χ1) is 9.31. The highest BCUT2D eigenvalue weighted by Crippen LogP contribution is 2.39. The van der Waals surface area contributed by atoms with E-state index in [9.17, 15) is 5.11 Å². The normalized spacial score (nSPS) is 29.9. The van der Waals surface area contributed by atoms with E-state index in [1.165, 1.54) is 0 Å². The molecule has 0 amide bonds. The molecule has 4 heteroatoms. The molecule has 1 aliphatic heterocycles. The van der Waals surface area contributed by atoms with Crippen LogP contribution in [0.25, 0.3) is 11.0 Å². The third kappa shape index (κ3) is 1.78. The van der Waals surface area contributed by atoms with Gasteiger partial charge in [-0.3, -0.25) is 4.98 Å². The van der Waals surface area contributed by atoms with Crippen LogP contribution in [0.1, 0.15) is 12.8 Å². The summed E-state index contributed by atoms with van der Waals surface area (Å²) in [6, 6.07) is 7.95. The fourth-order valence-corrected chi connectivity index (χ4v) is 3.52. The van der Waals surface area contributed by atoms with Crippen LogP contribution in [0, 0.1) is 11.8 Å². The molecule has 98 valence electrons. The second-order valence-electron chi connectivity index (χ2n) is 5.69. The zero-order valence-corrected chi connectivity index (χ0v) is 10.7. The Morgan fingerprint density at radius 2 is 1.95 bits per heavy atom. The summed E-state index contributed by atoms with van der Waals surface area (Å²) in [5.41, 5.74) is 1.88. The van der Waals surface area contributed by atoms with Crippen molar-refractivity contribution in [3.05, 3.63) is 30.5 Å². The molecule has 1 aromatic heterocycles. The minimum absolute atomic E-state index is 0.122. The fraction of sp³-hybridized carbons (Fsp3) is 0.467. The van der Waals surface area contributed by atoms with Gasteiger partial charge in [-0.1, -0.05) is 12.1 Å². The van der Waals surface area contributed by atoms with Gasteiger partial charge in [0.2, 0.25) is 0 Å². The van der Waals surface area contributed by atoms with E-state index in [1.807, 2.05) is 30.5 Å². The highest BCUT2D eigenvalue weighted by atomic mass is 16.3. The largest absolute Gasteiger partial charge is 0.393 e. The van der Waals surface area contributed by atoms with Crippen LogP contribution in [0.5, 0.6) is 0 Å². The Morgan fingerprint density at radius 1 is 1.11 bits per heavy atom. The number of aliphatic hydroxyl groups is 1. The molecule has 3 unspecified atom stereocenters. The maximum atomic E-state index is 9.97. The maximum absolute atomic E-state index is 9.97. The van der Waals surface area contributed by atoms with Crippen LogP contribution in [0.4, 0.5) is 5.82 Å². The molecule has 1 aromatic carbocycles. The van der Waals surface area contributed by atoms with Gasteiger partial charge < -0.3 is 10.0 Å². The van der Waals surface area contributed by atoms with Gasteiger partial charge in [0, 0.05) is 19.0 Å². The minimum atomic E-state index is -0.122. The minimum Gasteiger partial charge on any atom is -0.393 e. The van der Waals surface area contributed by atoms with Crippen molar-refractivity contribution in [3.63, 3.8) is 0 Å². The molecule has 2 heterocycles. The molecular weight excluding hydrogens is 238 g/mol. The summed E-state index contributed by atoms with van der Waals surface area (Å²) in [6.45, 7) is 1.92. The first kappa shape index (κ1) is 11.2. The molecule has 0 bridgehead atoms. The van der Waals surface area contributed by atoms with Gasteiger partial charge in [0.1, 0.15) is 5.82 Å². The van der Waals surface area contributed by atoms with Crippen molar-refractivity contribution in [3.8, 4) is 0 Å². The Kier molecular flexibility index (Phi) is 2.45. The smallest absolute Gasteiger partial charge is 0.147 e. The molecule has 0 spiro atoms. The summed E-state index contributed by atoms with van der Waals surface area (Å²) in [5.74, 6) is 2.00. The molecule has 1 saturated carbocycles. The Hall–Kier alpha value is -1.68. The lowest BCUT2D eigenvalue weighted by Crippen LogP contribution is -2.25. The molecule has 4 rings (SSSR count). The zero-order chi connectivity index (χ0) is 12.8. The number of hydrogen-bond donors (Lipinski definition) is 1. The molecule has 1 N–H and O–H groups in total. The van der Waals surface area contributed by atoms with Crippen molar-refractivity contribution in [1.82, 2.24) is 9.97 Å². The van der Waals surface area contributed by atoms with E-state index >= 15 is 0 Å². The molecular formula is C15H17N3O. The van der Waals surface area contributed by atoms with Crippen molar-refractivity contribution < 1.29 is 5.11 Å². The van der Waals surface area contributed by atoms with Gasteiger partial charge in [0.15, 0.2) is 0 Å². The Bertz CT molecular complexity index is 615. The van der Waals surface area contributed by atoms with Gasteiger partial charge in [-0.05, 0) is 30.9 Å². The van der Waals surface area contributed by atoms with Crippen molar-refractivity contribution in [2.45, 2.75) is 18.9 Å². The number of fused-ring (bicyclic) bond motifs is 2. The first-order valence-corrected chi connectivity index (χ1v) is 6.96. The number of anilines is 1. The topological polar surface area (TPSA) is 49.2 Å². The SMILES string of the molecule is OC1CCC2CN(c3cnc4ccccc4n3)CC12. The number of nitrogens with zero attached hydrogens (tertiary/aromatic N) is 3. The highest BCUT2D eigenvalue weighted by molar-refractivity contribution is 5.75. The monoisotopic (exact) mass is 255 g/mol. The third-order valence-corrected chi connectivity index (χ3v) is 4.58. The van der Waals surface area contributed by atoms with E-state index < -0.39 is 0 Å². The van der Waals surface area contributed by atoms with Crippen LogP contribution in [0.15, 0.2) is 30.5 Å². The molecule has 19 heavy (non-hydrogen) atoms. The van der Waals surface area contributed by atoms with E-state index in [4.69, 9.17) is 4.98 Å². The van der Waals surface area contributed by atoms with E-state index in [-0.39, 0.29) is 6.10 Å². The first-order valence-electron chi connectivity index (χ1n) is 6.96. The predicted molar refractivity (Wildman–Crippen MR) is 74.0 cm³/mol. The van der Waals surface area contributed by atoms with E-state index in [1.54, 1.807) is 0 Å². The van der Waals surface area contributed by atoms with E-state index in [0.29, 0.717) is 11.8 Å². The third-order valence-electron chi connectivity index (χ3n) is 4.58. The van der Waals surface area contributed by atoms with Crippen LogP contribution >= 0.6 is 0 Å². The van der Waals surface area contributed by atoms with Gasteiger partial charge in [-0.2, -0.15) is 0 Å². The van der Waals surface area contributed by atoms with Crippen molar-refractivity contribution >= 4 is 16.9 Å². The van der Waals surface area contributed by atoms with Gasteiger partial charge in [-0.15, -0.1) is 0 Å². The fourth-order valence-electron chi connectivity index (χ4n) is 3.52. The van der Waals surface area contributed by atoms with Crippen LogP contribution in [0.3, 0.4) is 0 Å². The van der Waals surface area contributed by atoms with Gasteiger partial charge >= 0.3 is 0 Å². The second kappa shape index (κ2) is 4.17. The summed E-state index contributed by atoms with van der Waals surface area (Å²) in [4.78, 5) is 11.4. The standard InChI is InChI=1S/C15H17N3O/c19-14-6-5-10-8-18(9-11(10)14)15-7-16-12-3-1-2-4-13(12)17-15/h1-4,7,10-11,14,19H,5-6,8-9H2. The Labute approximate surface area is 112 Å². The van der Waals surface area contributed by atoms with Gasteiger partial charge in [-0.25, -0.2) is 4.98 Å².